The van der Waals surface area contributed by atoms with Crippen LogP contribution in [-0.4, -0.2) is 56.3 Å². The van der Waals surface area contributed by atoms with Crippen molar-refractivity contribution in [2.24, 2.45) is 0 Å². The van der Waals surface area contributed by atoms with Gasteiger partial charge in [0.15, 0.2) is 0 Å². The molecule has 1 aromatic rings. The molecule has 1 N–H and O–H groups in total. The zero-order chi connectivity index (χ0) is 19.3. The van der Waals surface area contributed by atoms with Crippen LogP contribution in [0.1, 0.15) is 20.8 Å². The lowest BCUT2D eigenvalue weighted by atomic mass is 10.3. The van der Waals surface area contributed by atoms with Crippen LogP contribution in [0.2, 0.25) is 0 Å². The van der Waals surface area contributed by atoms with Crippen LogP contribution in [0.4, 0.5) is 10.1 Å². The number of halogens is 1. The zero-order valence-electron chi connectivity index (χ0n) is 15.2. The molecular formula is C16H26FN3O3S2. The Hall–Kier alpha value is -1.32. The molecule has 0 unspecified atom stereocenters. The summed E-state index contributed by atoms with van der Waals surface area (Å²) in [5.41, 5.74) is 0.231. The molecule has 1 aromatic carbocycles. The highest BCUT2D eigenvalue weighted by atomic mass is 32.2. The molecule has 0 heterocycles. The summed E-state index contributed by atoms with van der Waals surface area (Å²) >= 11 is 1.71. The van der Waals surface area contributed by atoms with Gasteiger partial charge in [-0.05, 0) is 24.3 Å². The van der Waals surface area contributed by atoms with E-state index in [-0.39, 0.29) is 17.0 Å². The van der Waals surface area contributed by atoms with Crippen molar-refractivity contribution in [2.75, 3.05) is 37.2 Å². The molecule has 142 valence electrons. The SMILES string of the molecule is CN(C)S(=O)(=O)N(CC(=O)NCCSC(C)(C)C)c1ccc(F)cc1. The van der Waals surface area contributed by atoms with Crippen molar-refractivity contribution in [3.63, 3.8) is 0 Å². The van der Waals surface area contributed by atoms with Crippen LogP contribution in [0.3, 0.4) is 0 Å². The van der Waals surface area contributed by atoms with Gasteiger partial charge in [-0.25, -0.2) is 8.70 Å². The summed E-state index contributed by atoms with van der Waals surface area (Å²) < 4.78 is 40.1. The van der Waals surface area contributed by atoms with Gasteiger partial charge in [-0.15, -0.1) is 0 Å². The average molecular weight is 392 g/mol. The number of hydrogen-bond donors (Lipinski definition) is 1. The lowest BCUT2D eigenvalue weighted by Crippen LogP contribution is -2.46. The minimum atomic E-state index is -3.88. The van der Waals surface area contributed by atoms with Gasteiger partial charge in [0.2, 0.25) is 5.91 Å². The molecule has 6 nitrogen and oxygen atoms in total. The molecule has 1 rings (SSSR count). The van der Waals surface area contributed by atoms with Gasteiger partial charge in [-0.2, -0.15) is 24.5 Å². The molecule has 25 heavy (non-hydrogen) atoms. The fraction of sp³-hybridized carbons (Fsp3) is 0.562. The highest BCUT2D eigenvalue weighted by Gasteiger charge is 2.27. The second-order valence-electron chi connectivity index (χ2n) is 6.58. The Labute approximate surface area is 153 Å². The average Bonchev–Trinajstić information content (AvgIpc) is 2.49. The van der Waals surface area contributed by atoms with Gasteiger partial charge in [0.1, 0.15) is 12.4 Å². The first kappa shape index (κ1) is 21.7. The van der Waals surface area contributed by atoms with Crippen LogP contribution in [0, 0.1) is 5.82 Å². The molecule has 0 saturated carbocycles. The van der Waals surface area contributed by atoms with E-state index in [4.69, 9.17) is 0 Å². The topological polar surface area (TPSA) is 69.7 Å². The van der Waals surface area contributed by atoms with E-state index in [1.54, 1.807) is 11.8 Å². The molecule has 9 heteroatoms. The maximum atomic E-state index is 13.1. The van der Waals surface area contributed by atoms with Crippen molar-refractivity contribution >= 4 is 33.6 Å². The minimum Gasteiger partial charge on any atom is -0.354 e. The predicted molar refractivity (Wildman–Crippen MR) is 102 cm³/mol. The fourth-order valence-electron chi connectivity index (χ4n) is 1.84. The van der Waals surface area contributed by atoms with E-state index in [2.05, 4.69) is 26.1 Å². The van der Waals surface area contributed by atoms with E-state index in [1.165, 1.54) is 26.2 Å². The number of rotatable bonds is 8. The second kappa shape index (κ2) is 8.86. The van der Waals surface area contributed by atoms with Gasteiger partial charge in [0, 0.05) is 31.1 Å². The number of amides is 1. The molecule has 0 aliphatic carbocycles. The molecule has 0 fully saturated rings. The summed E-state index contributed by atoms with van der Waals surface area (Å²) in [7, 11) is -1.12. The third kappa shape index (κ3) is 7.21. The van der Waals surface area contributed by atoms with Crippen molar-refractivity contribution in [1.82, 2.24) is 9.62 Å². The number of carbonyl (C=O) groups is 1. The largest absolute Gasteiger partial charge is 0.354 e. The zero-order valence-corrected chi connectivity index (χ0v) is 16.9. The Bertz CT molecular complexity index is 671. The van der Waals surface area contributed by atoms with Crippen molar-refractivity contribution in [1.29, 1.82) is 0 Å². The molecule has 1 amide bonds. The lowest BCUT2D eigenvalue weighted by molar-refractivity contribution is -0.119. The first-order valence-electron chi connectivity index (χ1n) is 7.80. The highest BCUT2D eigenvalue weighted by molar-refractivity contribution is 8.00. The summed E-state index contributed by atoms with van der Waals surface area (Å²) in [5.74, 6) is -0.162. The van der Waals surface area contributed by atoms with Crippen LogP contribution >= 0.6 is 11.8 Å². The normalized spacial score (nSPS) is 12.3. The van der Waals surface area contributed by atoms with Crippen molar-refractivity contribution in [3.8, 4) is 0 Å². The molecular weight excluding hydrogens is 365 g/mol. The molecule has 0 aromatic heterocycles. The van der Waals surface area contributed by atoms with Crippen molar-refractivity contribution in [2.45, 2.75) is 25.5 Å². The Balaban J connectivity index is 2.81. The quantitative estimate of drug-likeness (QED) is 0.689. The minimum absolute atomic E-state index is 0.0964. The summed E-state index contributed by atoms with van der Waals surface area (Å²) in [6.07, 6.45) is 0. The van der Waals surface area contributed by atoms with Crippen LogP contribution in [-0.2, 0) is 15.0 Å². The first-order chi connectivity index (χ1) is 11.4. The van der Waals surface area contributed by atoms with E-state index in [1.807, 2.05) is 0 Å². The molecule has 0 spiro atoms. The lowest BCUT2D eigenvalue weighted by Gasteiger charge is -2.27. The standard InChI is InChI=1S/C16H26FN3O3S2/c1-16(2,3)24-11-10-18-15(21)12-20(25(22,23)19(4)5)14-8-6-13(17)7-9-14/h6-9H,10-12H2,1-5H3,(H,18,21). The van der Waals surface area contributed by atoms with Gasteiger partial charge in [0.05, 0.1) is 5.69 Å². The van der Waals surface area contributed by atoms with Crippen LogP contribution in [0.5, 0.6) is 0 Å². The van der Waals surface area contributed by atoms with Crippen LogP contribution in [0.25, 0.3) is 0 Å². The van der Waals surface area contributed by atoms with Gasteiger partial charge in [-0.3, -0.25) is 4.79 Å². The maximum Gasteiger partial charge on any atom is 0.304 e. The van der Waals surface area contributed by atoms with E-state index in [9.17, 15) is 17.6 Å². The molecule has 0 radical (unpaired) electrons. The molecule has 0 aliphatic heterocycles. The van der Waals surface area contributed by atoms with Crippen molar-refractivity contribution in [3.05, 3.63) is 30.1 Å². The third-order valence-corrected chi connectivity index (χ3v) is 6.20. The number of hydrogen-bond acceptors (Lipinski definition) is 4. The number of anilines is 1. The molecule has 0 bridgehead atoms. The summed E-state index contributed by atoms with van der Waals surface area (Å²) in [4.78, 5) is 12.2. The summed E-state index contributed by atoms with van der Waals surface area (Å²) in [6.45, 7) is 6.32. The van der Waals surface area contributed by atoms with Crippen LogP contribution in [0.15, 0.2) is 24.3 Å². The molecule has 0 aliphatic rings. The van der Waals surface area contributed by atoms with Gasteiger partial charge >= 0.3 is 10.2 Å². The number of nitrogens with one attached hydrogen (secondary N) is 1. The smallest absolute Gasteiger partial charge is 0.304 e. The number of benzene rings is 1. The summed E-state index contributed by atoms with van der Waals surface area (Å²) in [5, 5.41) is 2.72. The fourth-order valence-corrected chi connectivity index (χ4v) is 3.72. The van der Waals surface area contributed by atoms with Gasteiger partial charge in [-0.1, -0.05) is 20.8 Å². The van der Waals surface area contributed by atoms with E-state index >= 15 is 0 Å². The number of carbonyl (C=O) groups excluding carboxylic acids is 1. The third-order valence-electron chi connectivity index (χ3n) is 3.10. The maximum absolute atomic E-state index is 13.1. The number of nitrogens with zero attached hydrogens (tertiary/aromatic N) is 2. The molecule has 0 atom stereocenters. The predicted octanol–water partition coefficient (Wildman–Crippen LogP) is 2.09. The Morgan fingerprint density at radius 3 is 2.24 bits per heavy atom. The van der Waals surface area contributed by atoms with E-state index in [0.717, 1.165) is 26.5 Å². The van der Waals surface area contributed by atoms with Gasteiger partial charge < -0.3 is 5.32 Å². The Morgan fingerprint density at radius 2 is 1.76 bits per heavy atom. The van der Waals surface area contributed by atoms with Crippen LogP contribution < -0.4 is 9.62 Å². The van der Waals surface area contributed by atoms with E-state index in [0.29, 0.717) is 6.54 Å². The first-order valence-corrected chi connectivity index (χ1v) is 10.2. The van der Waals surface area contributed by atoms with Gasteiger partial charge in [0.25, 0.3) is 0 Å². The van der Waals surface area contributed by atoms with E-state index < -0.39 is 21.9 Å². The summed E-state index contributed by atoms with van der Waals surface area (Å²) in [6, 6.07) is 4.98. The Kier molecular flexibility index (Phi) is 7.70. The second-order valence-corrected chi connectivity index (χ2v) is 10.6. The number of thioether (sulfide) groups is 1. The Morgan fingerprint density at radius 1 is 1.20 bits per heavy atom. The van der Waals surface area contributed by atoms with Crippen molar-refractivity contribution < 1.29 is 17.6 Å². The highest BCUT2D eigenvalue weighted by Crippen LogP contribution is 2.22. The monoisotopic (exact) mass is 391 g/mol. The molecule has 0 saturated heterocycles.